The van der Waals surface area contributed by atoms with Gasteiger partial charge >= 0.3 is 0 Å². The van der Waals surface area contributed by atoms with Crippen LogP contribution in [-0.4, -0.2) is 18.6 Å². The van der Waals surface area contributed by atoms with E-state index in [2.05, 4.69) is 70.7 Å². The Morgan fingerprint density at radius 1 is 1.28 bits per heavy atom. The quantitative estimate of drug-likeness (QED) is 0.882. The molecule has 102 valence electrons. The number of hydrogen-bond donors (Lipinski definition) is 1. The molecule has 1 aromatic carbocycles. The molecule has 0 fully saturated rings. The Labute approximate surface area is 112 Å². The molecule has 2 unspecified atom stereocenters. The number of nitrogens with zero attached hydrogens (tertiary/aromatic N) is 1. The van der Waals surface area contributed by atoms with Crippen molar-refractivity contribution in [2.45, 2.75) is 53.6 Å². The number of rotatable bonds is 4. The topological polar surface area (TPSA) is 29.3 Å². The lowest BCUT2D eigenvalue weighted by Gasteiger charge is -2.43. The van der Waals surface area contributed by atoms with Gasteiger partial charge in [-0.3, -0.25) is 0 Å². The van der Waals surface area contributed by atoms with Gasteiger partial charge in [0.1, 0.15) is 0 Å². The molecule has 0 amide bonds. The average molecular weight is 248 g/mol. The Kier molecular flexibility index (Phi) is 4.80. The fraction of sp³-hybridized carbons (Fsp3) is 0.625. The second-order valence-electron chi connectivity index (χ2n) is 6.29. The summed E-state index contributed by atoms with van der Waals surface area (Å²) in [5.74, 6) is 0. The Balaban J connectivity index is 3.14. The van der Waals surface area contributed by atoms with E-state index >= 15 is 0 Å². The monoisotopic (exact) mass is 248 g/mol. The van der Waals surface area contributed by atoms with Crippen molar-refractivity contribution in [2.24, 2.45) is 11.1 Å². The highest BCUT2D eigenvalue weighted by atomic mass is 15.2. The number of anilines is 1. The molecule has 0 aromatic heterocycles. The lowest BCUT2D eigenvalue weighted by atomic mass is 9.81. The van der Waals surface area contributed by atoms with Crippen molar-refractivity contribution >= 4 is 5.69 Å². The maximum atomic E-state index is 6.23. The summed E-state index contributed by atoms with van der Waals surface area (Å²) >= 11 is 0. The summed E-state index contributed by atoms with van der Waals surface area (Å²) in [6, 6.07) is 9.15. The molecular formula is C16H28N2. The standard InChI is InChI=1S/C16H28N2/c1-7-18(14-10-8-9-12(2)11-14)15(13(3)17)16(4,5)6/h8-11,13,15H,7,17H2,1-6H3. The minimum atomic E-state index is 0.144. The number of benzene rings is 1. The summed E-state index contributed by atoms with van der Waals surface area (Å²) < 4.78 is 0. The molecule has 1 aromatic rings. The van der Waals surface area contributed by atoms with Gasteiger partial charge in [-0.25, -0.2) is 0 Å². The molecule has 0 spiro atoms. The highest BCUT2D eigenvalue weighted by Crippen LogP contribution is 2.30. The van der Waals surface area contributed by atoms with Crippen LogP contribution in [0, 0.1) is 12.3 Å². The normalized spacial score (nSPS) is 15.3. The molecule has 0 aliphatic heterocycles. The maximum Gasteiger partial charge on any atom is 0.0486 e. The summed E-state index contributed by atoms with van der Waals surface area (Å²) in [4.78, 5) is 2.43. The highest BCUT2D eigenvalue weighted by Gasteiger charge is 2.32. The SMILES string of the molecule is CCN(c1cccc(C)c1)C(C(C)N)C(C)(C)C. The van der Waals surface area contributed by atoms with Crippen molar-refractivity contribution in [3.63, 3.8) is 0 Å². The van der Waals surface area contributed by atoms with Crippen LogP contribution < -0.4 is 10.6 Å². The van der Waals surface area contributed by atoms with Crippen molar-refractivity contribution in [3.8, 4) is 0 Å². The van der Waals surface area contributed by atoms with E-state index in [0.717, 1.165) is 6.54 Å². The zero-order valence-electron chi connectivity index (χ0n) is 12.7. The van der Waals surface area contributed by atoms with Gasteiger partial charge in [-0.2, -0.15) is 0 Å². The molecule has 0 aliphatic carbocycles. The largest absolute Gasteiger partial charge is 0.367 e. The van der Waals surface area contributed by atoms with Gasteiger partial charge in [0.05, 0.1) is 0 Å². The fourth-order valence-electron chi connectivity index (χ4n) is 2.89. The Bertz CT molecular complexity index is 377. The number of likely N-dealkylation sites (N-methyl/N-ethyl adjacent to an activating group) is 1. The third kappa shape index (κ3) is 3.49. The molecule has 2 nitrogen and oxygen atoms in total. The molecule has 0 bridgehead atoms. The maximum absolute atomic E-state index is 6.23. The van der Waals surface area contributed by atoms with Crippen molar-refractivity contribution in [1.29, 1.82) is 0 Å². The van der Waals surface area contributed by atoms with E-state index in [1.807, 2.05) is 0 Å². The van der Waals surface area contributed by atoms with Gasteiger partial charge < -0.3 is 10.6 Å². The summed E-state index contributed by atoms with van der Waals surface area (Å²) in [6.07, 6.45) is 0. The molecule has 18 heavy (non-hydrogen) atoms. The van der Waals surface area contributed by atoms with Crippen LogP contribution in [0.3, 0.4) is 0 Å². The molecule has 2 N–H and O–H groups in total. The Morgan fingerprint density at radius 2 is 1.89 bits per heavy atom. The van der Waals surface area contributed by atoms with Crippen molar-refractivity contribution < 1.29 is 0 Å². The van der Waals surface area contributed by atoms with Crippen LogP contribution in [-0.2, 0) is 0 Å². The molecule has 0 heterocycles. The van der Waals surface area contributed by atoms with Crippen LogP contribution in [0.5, 0.6) is 0 Å². The van der Waals surface area contributed by atoms with E-state index in [1.165, 1.54) is 11.3 Å². The van der Waals surface area contributed by atoms with E-state index in [9.17, 15) is 0 Å². The van der Waals surface area contributed by atoms with E-state index in [0.29, 0.717) is 6.04 Å². The van der Waals surface area contributed by atoms with Crippen molar-refractivity contribution in [1.82, 2.24) is 0 Å². The second-order valence-corrected chi connectivity index (χ2v) is 6.29. The van der Waals surface area contributed by atoms with Crippen molar-refractivity contribution in [2.75, 3.05) is 11.4 Å². The zero-order chi connectivity index (χ0) is 13.9. The first-order chi connectivity index (χ1) is 8.27. The predicted molar refractivity (Wildman–Crippen MR) is 81.1 cm³/mol. The van der Waals surface area contributed by atoms with Crippen LogP contribution in [0.2, 0.25) is 0 Å². The fourth-order valence-corrected chi connectivity index (χ4v) is 2.89. The van der Waals surface area contributed by atoms with Crippen LogP contribution in [0.25, 0.3) is 0 Å². The minimum Gasteiger partial charge on any atom is -0.367 e. The van der Waals surface area contributed by atoms with Gasteiger partial charge in [-0.15, -0.1) is 0 Å². The first-order valence-electron chi connectivity index (χ1n) is 6.86. The van der Waals surface area contributed by atoms with E-state index in [4.69, 9.17) is 5.73 Å². The number of nitrogens with two attached hydrogens (primary N) is 1. The number of aryl methyl sites for hydroxylation is 1. The van der Waals surface area contributed by atoms with Crippen LogP contribution in [0.4, 0.5) is 5.69 Å². The van der Waals surface area contributed by atoms with Crippen LogP contribution >= 0.6 is 0 Å². The van der Waals surface area contributed by atoms with Gasteiger partial charge in [-0.1, -0.05) is 32.9 Å². The summed E-state index contributed by atoms with van der Waals surface area (Å²) in [7, 11) is 0. The van der Waals surface area contributed by atoms with Crippen LogP contribution in [0.15, 0.2) is 24.3 Å². The zero-order valence-corrected chi connectivity index (χ0v) is 12.7. The first-order valence-corrected chi connectivity index (χ1v) is 6.86. The van der Waals surface area contributed by atoms with Crippen molar-refractivity contribution in [3.05, 3.63) is 29.8 Å². The number of hydrogen-bond acceptors (Lipinski definition) is 2. The molecule has 0 saturated heterocycles. The van der Waals surface area contributed by atoms with Crippen LogP contribution in [0.1, 0.15) is 40.2 Å². The molecule has 2 heteroatoms. The lowest BCUT2D eigenvalue weighted by Crippen LogP contribution is -2.53. The summed E-state index contributed by atoms with van der Waals surface area (Å²) in [5.41, 5.74) is 8.96. The summed E-state index contributed by atoms with van der Waals surface area (Å²) in [6.45, 7) is 14.2. The molecular weight excluding hydrogens is 220 g/mol. The Morgan fingerprint density at radius 3 is 2.28 bits per heavy atom. The molecule has 1 rings (SSSR count). The van der Waals surface area contributed by atoms with Gasteiger partial charge in [0.25, 0.3) is 0 Å². The van der Waals surface area contributed by atoms with Gasteiger partial charge in [0.15, 0.2) is 0 Å². The van der Waals surface area contributed by atoms with E-state index < -0.39 is 0 Å². The second kappa shape index (κ2) is 5.75. The third-order valence-corrected chi connectivity index (χ3v) is 3.40. The lowest BCUT2D eigenvalue weighted by molar-refractivity contribution is 0.274. The third-order valence-electron chi connectivity index (χ3n) is 3.40. The predicted octanol–water partition coefficient (Wildman–Crippen LogP) is 3.58. The first kappa shape index (κ1) is 15.0. The van der Waals surface area contributed by atoms with E-state index in [-0.39, 0.29) is 11.5 Å². The molecule has 2 atom stereocenters. The summed E-state index contributed by atoms with van der Waals surface area (Å²) in [5, 5.41) is 0. The Hall–Kier alpha value is -1.02. The molecule has 0 radical (unpaired) electrons. The molecule has 0 saturated carbocycles. The van der Waals surface area contributed by atoms with Gasteiger partial charge in [0.2, 0.25) is 0 Å². The van der Waals surface area contributed by atoms with Gasteiger partial charge in [-0.05, 0) is 43.9 Å². The molecule has 0 aliphatic rings. The average Bonchev–Trinajstić information content (AvgIpc) is 2.23. The smallest absolute Gasteiger partial charge is 0.0486 e. The van der Waals surface area contributed by atoms with Gasteiger partial charge in [0, 0.05) is 24.3 Å². The minimum absolute atomic E-state index is 0.144. The van der Waals surface area contributed by atoms with E-state index in [1.54, 1.807) is 0 Å². The highest BCUT2D eigenvalue weighted by molar-refractivity contribution is 5.50.